The molecule has 8 heteroatoms. The number of anilines is 1. The third kappa shape index (κ3) is 3.46. The monoisotopic (exact) mass is 394 g/mol. The minimum absolute atomic E-state index is 0.0229. The minimum Gasteiger partial charge on any atom is -0.381 e. The van der Waals surface area contributed by atoms with Gasteiger partial charge in [0.25, 0.3) is 5.91 Å². The van der Waals surface area contributed by atoms with E-state index in [9.17, 15) is 4.79 Å². The predicted octanol–water partition coefficient (Wildman–Crippen LogP) is 2.40. The maximum absolute atomic E-state index is 12.9. The second kappa shape index (κ2) is 7.33. The molecule has 2 aromatic rings. The smallest absolute Gasteiger partial charge is 0.257 e. The summed E-state index contributed by atoms with van der Waals surface area (Å²) in [5.74, 6) is 0.558. The van der Waals surface area contributed by atoms with E-state index in [1.165, 1.54) is 6.33 Å². The molecule has 0 unspecified atom stereocenters. The Labute approximate surface area is 170 Å². The predicted molar refractivity (Wildman–Crippen MR) is 106 cm³/mol. The van der Waals surface area contributed by atoms with Gasteiger partial charge >= 0.3 is 0 Å². The second-order valence-corrected chi connectivity index (χ2v) is 8.57. The molecular weight excluding hydrogens is 368 g/mol. The largest absolute Gasteiger partial charge is 0.381 e. The van der Waals surface area contributed by atoms with Crippen molar-refractivity contribution < 1.29 is 9.53 Å². The first-order chi connectivity index (χ1) is 14.2. The van der Waals surface area contributed by atoms with E-state index in [1.807, 2.05) is 17.3 Å². The first-order valence-corrected chi connectivity index (χ1v) is 10.4. The van der Waals surface area contributed by atoms with Crippen molar-refractivity contribution >= 4 is 11.9 Å². The maximum Gasteiger partial charge on any atom is 0.257 e. The van der Waals surface area contributed by atoms with Crippen LogP contribution in [0, 0.1) is 5.41 Å². The molecule has 29 heavy (non-hydrogen) atoms. The van der Waals surface area contributed by atoms with Gasteiger partial charge in [-0.1, -0.05) is 0 Å². The standard InChI is InChI=1S/C21H26N6O2/c28-18(27-7-4-20(14-27)5-8-29-9-6-20)16-10-24-19(25-11-16)26-21(2-1-3-21)17-12-22-15-23-13-17/h10-13,15H,1-9,14H2,(H,24,25,26). The molecular formula is C21H26N6O2. The Balaban J connectivity index is 1.26. The zero-order valence-electron chi connectivity index (χ0n) is 16.5. The first-order valence-electron chi connectivity index (χ1n) is 10.4. The van der Waals surface area contributed by atoms with Crippen LogP contribution in [0.4, 0.5) is 5.95 Å². The lowest BCUT2D eigenvalue weighted by molar-refractivity contribution is 0.0191. The van der Waals surface area contributed by atoms with Crippen molar-refractivity contribution in [2.45, 2.75) is 44.1 Å². The van der Waals surface area contributed by atoms with Crippen LogP contribution in [0.2, 0.25) is 0 Å². The van der Waals surface area contributed by atoms with E-state index in [4.69, 9.17) is 4.74 Å². The average molecular weight is 394 g/mol. The number of carbonyl (C=O) groups is 1. The van der Waals surface area contributed by atoms with Crippen LogP contribution in [0.25, 0.3) is 0 Å². The van der Waals surface area contributed by atoms with Gasteiger partial charge in [-0.15, -0.1) is 0 Å². The molecule has 2 saturated heterocycles. The summed E-state index contributed by atoms with van der Waals surface area (Å²) in [6.07, 6.45) is 14.8. The molecule has 2 aliphatic heterocycles. The van der Waals surface area contributed by atoms with Gasteiger partial charge < -0.3 is 15.0 Å². The minimum atomic E-state index is -0.211. The van der Waals surface area contributed by atoms with Crippen molar-refractivity contribution in [2.75, 3.05) is 31.6 Å². The highest BCUT2D eigenvalue weighted by Crippen LogP contribution is 2.43. The Bertz CT molecular complexity index is 862. The van der Waals surface area contributed by atoms with Crippen LogP contribution < -0.4 is 5.32 Å². The third-order valence-corrected chi connectivity index (χ3v) is 6.85. The SMILES string of the molecule is O=C(c1cnc(NC2(c3cncnc3)CCC2)nc1)N1CCC2(CCOCC2)C1. The highest BCUT2D eigenvalue weighted by atomic mass is 16.5. The second-order valence-electron chi connectivity index (χ2n) is 8.57. The normalized spacial score (nSPS) is 22.3. The Hall–Kier alpha value is -2.61. The molecule has 0 aromatic carbocycles. The highest BCUT2D eigenvalue weighted by molar-refractivity contribution is 5.94. The number of amides is 1. The van der Waals surface area contributed by atoms with Gasteiger partial charge in [0.2, 0.25) is 5.95 Å². The van der Waals surface area contributed by atoms with Crippen molar-refractivity contribution in [2.24, 2.45) is 5.41 Å². The summed E-state index contributed by atoms with van der Waals surface area (Å²) in [6.45, 7) is 3.22. The van der Waals surface area contributed by atoms with Gasteiger partial charge in [-0.2, -0.15) is 0 Å². The fourth-order valence-corrected chi connectivity index (χ4v) is 4.78. The third-order valence-electron chi connectivity index (χ3n) is 6.85. The molecule has 2 aromatic heterocycles. The molecule has 4 heterocycles. The van der Waals surface area contributed by atoms with Crippen molar-refractivity contribution in [3.05, 3.63) is 42.2 Å². The van der Waals surface area contributed by atoms with Gasteiger partial charge in [0.05, 0.1) is 11.1 Å². The highest BCUT2D eigenvalue weighted by Gasteiger charge is 2.42. The number of carbonyl (C=O) groups excluding carboxylic acids is 1. The van der Waals surface area contributed by atoms with Crippen LogP contribution in [0.15, 0.2) is 31.1 Å². The molecule has 1 spiro atoms. The molecule has 152 valence electrons. The summed E-state index contributed by atoms with van der Waals surface area (Å²) in [6, 6.07) is 0. The number of nitrogens with one attached hydrogen (secondary N) is 1. The van der Waals surface area contributed by atoms with E-state index in [-0.39, 0.29) is 16.9 Å². The Morgan fingerprint density at radius 3 is 2.38 bits per heavy atom. The zero-order chi connectivity index (χ0) is 19.7. The van der Waals surface area contributed by atoms with Gasteiger partial charge in [0, 0.05) is 56.7 Å². The zero-order valence-corrected chi connectivity index (χ0v) is 16.5. The molecule has 3 fully saturated rings. The van der Waals surface area contributed by atoms with Crippen molar-refractivity contribution in [1.29, 1.82) is 0 Å². The van der Waals surface area contributed by atoms with E-state index in [1.54, 1.807) is 12.4 Å². The van der Waals surface area contributed by atoms with Gasteiger partial charge in [0.15, 0.2) is 0 Å². The summed E-state index contributed by atoms with van der Waals surface area (Å²) in [5.41, 5.74) is 1.63. The van der Waals surface area contributed by atoms with Crippen LogP contribution in [0.1, 0.15) is 54.4 Å². The van der Waals surface area contributed by atoms with Crippen molar-refractivity contribution in [3.8, 4) is 0 Å². The van der Waals surface area contributed by atoms with Gasteiger partial charge in [-0.05, 0) is 43.9 Å². The van der Waals surface area contributed by atoms with E-state index < -0.39 is 0 Å². The molecule has 0 radical (unpaired) electrons. The molecule has 1 N–H and O–H groups in total. The van der Waals surface area contributed by atoms with Crippen LogP contribution in [-0.4, -0.2) is 57.0 Å². The van der Waals surface area contributed by atoms with Crippen LogP contribution >= 0.6 is 0 Å². The first kappa shape index (κ1) is 18.4. The molecule has 0 bridgehead atoms. The quantitative estimate of drug-likeness (QED) is 0.851. The summed E-state index contributed by atoms with van der Waals surface area (Å²) in [7, 11) is 0. The summed E-state index contributed by atoms with van der Waals surface area (Å²) >= 11 is 0. The number of nitrogens with zero attached hydrogens (tertiary/aromatic N) is 5. The van der Waals surface area contributed by atoms with E-state index in [0.717, 1.165) is 70.4 Å². The fraction of sp³-hybridized carbons (Fsp3) is 0.571. The van der Waals surface area contributed by atoms with Crippen LogP contribution in [0.3, 0.4) is 0 Å². The Morgan fingerprint density at radius 2 is 1.72 bits per heavy atom. The van der Waals surface area contributed by atoms with Gasteiger partial charge in [-0.3, -0.25) is 4.79 Å². The Morgan fingerprint density at radius 1 is 1.00 bits per heavy atom. The molecule has 1 saturated carbocycles. The van der Waals surface area contributed by atoms with E-state index in [0.29, 0.717) is 11.5 Å². The van der Waals surface area contributed by atoms with Gasteiger partial charge in [-0.25, -0.2) is 19.9 Å². The number of rotatable bonds is 4. The molecule has 0 atom stereocenters. The molecule has 3 aliphatic rings. The molecule has 8 nitrogen and oxygen atoms in total. The number of ether oxygens (including phenoxy) is 1. The lowest BCUT2D eigenvalue weighted by atomic mass is 9.73. The summed E-state index contributed by atoms with van der Waals surface area (Å²) < 4.78 is 5.50. The van der Waals surface area contributed by atoms with Crippen LogP contribution in [-0.2, 0) is 10.3 Å². The molecule has 1 aliphatic carbocycles. The number of hydrogen-bond donors (Lipinski definition) is 1. The van der Waals surface area contributed by atoms with E-state index >= 15 is 0 Å². The molecule has 5 rings (SSSR count). The fourth-order valence-electron chi connectivity index (χ4n) is 4.78. The summed E-state index contributed by atoms with van der Waals surface area (Å²) in [5, 5.41) is 3.45. The Kier molecular flexibility index (Phi) is 4.66. The lowest BCUT2D eigenvalue weighted by Crippen LogP contribution is -2.42. The van der Waals surface area contributed by atoms with E-state index in [2.05, 4.69) is 25.3 Å². The number of likely N-dealkylation sites (tertiary alicyclic amines) is 1. The lowest BCUT2D eigenvalue weighted by Gasteiger charge is -2.42. The van der Waals surface area contributed by atoms with Gasteiger partial charge in [0.1, 0.15) is 6.33 Å². The average Bonchev–Trinajstić information content (AvgIpc) is 3.15. The summed E-state index contributed by atoms with van der Waals surface area (Å²) in [4.78, 5) is 32.0. The topological polar surface area (TPSA) is 93.1 Å². The van der Waals surface area contributed by atoms with Crippen molar-refractivity contribution in [3.63, 3.8) is 0 Å². The number of aromatic nitrogens is 4. The molecule has 1 amide bonds. The van der Waals surface area contributed by atoms with Crippen molar-refractivity contribution in [1.82, 2.24) is 24.8 Å². The number of hydrogen-bond acceptors (Lipinski definition) is 7. The van der Waals surface area contributed by atoms with Crippen LogP contribution in [0.5, 0.6) is 0 Å². The maximum atomic E-state index is 12.9.